The van der Waals surface area contributed by atoms with Crippen LogP contribution in [-0.2, 0) is 9.53 Å². The van der Waals surface area contributed by atoms with E-state index in [1.807, 2.05) is 0 Å². The zero-order chi connectivity index (χ0) is 23.0. The molecule has 166 valence electrons. The minimum atomic E-state index is -0.795. The molecule has 1 aliphatic rings. The highest BCUT2D eigenvalue weighted by Gasteiger charge is 2.52. The fourth-order valence-electron chi connectivity index (χ4n) is 4.35. The highest BCUT2D eigenvalue weighted by Crippen LogP contribution is 2.52. The Labute approximate surface area is 193 Å². The number of methoxy groups -OCH3 is 1. The van der Waals surface area contributed by atoms with E-state index in [9.17, 15) is 14.9 Å². The van der Waals surface area contributed by atoms with Crippen molar-refractivity contribution in [3.05, 3.63) is 91.3 Å². The Hall–Kier alpha value is -2.94. The molecule has 3 aromatic rings. The van der Waals surface area contributed by atoms with Crippen molar-refractivity contribution in [1.82, 2.24) is 10.5 Å². The van der Waals surface area contributed by atoms with Gasteiger partial charge in [0.15, 0.2) is 5.69 Å². The number of nitrogens with zero attached hydrogens (tertiary/aromatic N) is 2. The molecular weight excluding hydrogens is 457 g/mol. The standard InChI is InChI=1S/C22H19Cl2N3O5/c1-11-20(27(29)30)21(32-26-11)17-16(12-3-7-14(23)8-4-12)19(22(28)31-2)25-18(17)13-5-9-15(24)10-6-13/h3-10,16-19,25H,1-2H3/t16-,17-,18-,19-/m0/s1. The number of hydrogen-bond acceptors (Lipinski definition) is 7. The molecule has 1 aliphatic heterocycles. The lowest BCUT2D eigenvalue weighted by Gasteiger charge is -2.23. The molecule has 10 heteroatoms. The van der Waals surface area contributed by atoms with Crippen molar-refractivity contribution in [1.29, 1.82) is 0 Å². The fourth-order valence-corrected chi connectivity index (χ4v) is 4.61. The monoisotopic (exact) mass is 475 g/mol. The van der Waals surface area contributed by atoms with Crippen LogP contribution >= 0.6 is 23.2 Å². The molecule has 0 aliphatic carbocycles. The number of hydrogen-bond donors (Lipinski definition) is 1. The number of nitro groups is 1. The van der Waals surface area contributed by atoms with E-state index in [0.717, 1.165) is 11.1 Å². The van der Waals surface area contributed by atoms with Crippen LogP contribution in [0.3, 0.4) is 0 Å². The van der Waals surface area contributed by atoms with Gasteiger partial charge in [-0.25, -0.2) is 0 Å². The number of ether oxygens (including phenoxy) is 1. The van der Waals surface area contributed by atoms with Crippen molar-refractivity contribution in [2.45, 2.75) is 30.8 Å². The molecule has 1 aromatic heterocycles. The summed E-state index contributed by atoms with van der Waals surface area (Å²) in [7, 11) is 1.30. The van der Waals surface area contributed by atoms with Gasteiger partial charge in [-0.2, -0.15) is 0 Å². The van der Waals surface area contributed by atoms with E-state index in [2.05, 4.69) is 10.5 Å². The van der Waals surface area contributed by atoms with E-state index in [0.29, 0.717) is 10.0 Å². The Kier molecular flexibility index (Phi) is 6.19. The van der Waals surface area contributed by atoms with Gasteiger partial charge in [0.05, 0.1) is 18.0 Å². The van der Waals surface area contributed by atoms with Crippen LogP contribution in [0, 0.1) is 17.0 Å². The summed E-state index contributed by atoms with van der Waals surface area (Å²) in [6, 6.07) is 12.7. The number of rotatable bonds is 5. The van der Waals surface area contributed by atoms with Gasteiger partial charge in [-0.3, -0.25) is 20.2 Å². The summed E-state index contributed by atoms with van der Waals surface area (Å²) in [6.45, 7) is 1.51. The number of carbonyl (C=O) groups excluding carboxylic acids is 1. The third-order valence-corrected chi connectivity index (χ3v) is 6.25. The van der Waals surface area contributed by atoms with E-state index in [1.165, 1.54) is 14.0 Å². The summed E-state index contributed by atoms with van der Waals surface area (Å²) in [6.07, 6.45) is 0. The van der Waals surface area contributed by atoms with Crippen molar-refractivity contribution < 1.29 is 19.0 Å². The molecule has 0 bridgehead atoms. The summed E-state index contributed by atoms with van der Waals surface area (Å²) in [5.74, 6) is -1.59. The highest BCUT2D eigenvalue weighted by atomic mass is 35.5. The number of aryl methyl sites for hydroxylation is 1. The van der Waals surface area contributed by atoms with Gasteiger partial charge in [0, 0.05) is 22.0 Å². The van der Waals surface area contributed by atoms with Crippen LogP contribution in [0.2, 0.25) is 10.0 Å². The zero-order valence-electron chi connectivity index (χ0n) is 17.1. The van der Waals surface area contributed by atoms with Crippen LogP contribution in [0.1, 0.15) is 40.5 Å². The minimum Gasteiger partial charge on any atom is -0.468 e. The second-order valence-corrected chi connectivity index (χ2v) is 8.41. The zero-order valence-corrected chi connectivity index (χ0v) is 18.6. The quantitative estimate of drug-likeness (QED) is 0.315. The Morgan fingerprint density at radius 1 is 1.06 bits per heavy atom. The number of carbonyl (C=O) groups is 1. The van der Waals surface area contributed by atoms with E-state index in [-0.39, 0.29) is 17.1 Å². The predicted molar refractivity (Wildman–Crippen MR) is 118 cm³/mol. The average Bonchev–Trinajstić information content (AvgIpc) is 3.35. The first-order valence-electron chi connectivity index (χ1n) is 9.77. The minimum absolute atomic E-state index is 0.0892. The van der Waals surface area contributed by atoms with E-state index in [4.69, 9.17) is 32.5 Å². The van der Waals surface area contributed by atoms with Crippen LogP contribution in [0.4, 0.5) is 5.69 Å². The van der Waals surface area contributed by atoms with Crippen molar-refractivity contribution in [3.8, 4) is 0 Å². The second-order valence-electron chi connectivity index (χ2n) is 7.54. The van der Waals surface area contributed by atoms with Crippen LogP contribution < -0.4 is 5.32 Å². The topological polar surface area (TPSA) is 108 Å². The first-order chi connectivity index (χ1) is 15.3. The van der Waals surface area contributed by atoms with Crippen molar-refractivity contribution >= 4 is 34.9 Å². The molecule has 4 atom stereocenters. The molecule has 8 nitrogen and oxygen atoms in total. The predicted octanol–water partition coefficient (Wildman–Crippen LogP) is 4.95. The summed E-state index contributed by atoms with van der Waals surface area (Å²) < 4.78 is 10.6. The molecule has 1 saturated heterocycles. The first-order valence-corrected chi connectivity index (χ1v) is 10.5. The van der Waals surface area contributed by atoms with E-state index < -0.39 is 34.8 Å². The van der Waals surface area contributed by atoms with Crippen LogP contribution in [0.5, 0.6) is 0 Å². The van der Waals surface area contributed by atoms with Gasteiger partial charge in [-0.1, -0.05) is 52.6 Å². The molecule has 0 radical (unpaired) electrons. The maximum absolute atomic E-state index is 12.8. The molecule has 0 unspecified atom stereocenters. The van der Waals surface area contributed by atoms with E-state index >= 15 is 0 Å². The van der Waals surface area contributed by atoms with Gasteiger partial charge < -0.3 is 9.26 Å². The van der Waals surface area contributed by atoms with Crippen molar-refractivity contribution in [2.75, 3.05) is 7.11 Å². The molecule has 0 saturated carbocycles. The smallest absolute Gasteiger partial charge is 0.334 e. The van der Waals surface area contributed by atoms with Crippen molar-refractivity contribution in [3.63, 3.8) is 0 Å². The highest BCUT2D eigenvalue weighted by molar-refractivity contribution is 6.30. The van der Waals surface area contributed by atoms with E-state index in [1.54, 1.807) is 48.5 Å². The van der Waals surface area contributed by atoms with Gasteiger partial charge in [-0.15, -0.1) is 0 Å². The molecule has 2 aromatic carbocycles. The van der Waals surface area contributed by atoms with Gasteiger partial charge in [0.1, 0.15) is 6.04 Å². The Balaban J connectivity index is 1.94. The number of aromatic nitrogens is 1. The molecule has 0 spiro atoms. The molecule has 2 heterocycles. The first kappa shape index (κ1) is 22.3. The lowest BCUT2D eigenvalue weighted by molar-refractivity contribution is -0.386. The lowest BCUT2D eigenvalue weighted by atomic mass is 9.78. The van der Waals surface area contributed by atoms with Gasteiger partial charge >= 0.3 is 11.7 Å². The maximum Gasteiger partial charge on any atom is 0.334 e. The summed E-state index contributed by atoms with van der Waals surface area (Å²) in [4.78, 5) is 24.1. The summed E-state index contributed by atoms with van der Waals surface area (Å²) >= 11 is 12.1. The number of benzene rings is 2. The van der Waals surface area contributed by atoms with Crippen LogP contribution in [-0.4, -0.2) is 29.2 Å². The number of esters is 1. The Morgan fingerprint density at radius 3 is 2.16 bits per heavy atom. The SMILES string of the molecule is COC(=O)[C@H]1N[C@@H](c2ccc(Cl)cc2)[C@@H](c2onc(C)c2[N+](=O)[O-])[C@@H]1c1ccc(Cl)cc1. The normalized spacial score (nSPS) is 22.6. The fraction of sp³-hybridized carbons (Fsp3) is 0.273. The Bertz CT molecular complexity index is 1150. The van der Waals surface area contributed by atoms with Gasteiger partial charge in [0.2, 0.25) is 5.76 Å². The Morgan fingerprint density at radius 2 is 1.62 bits per heavy atom. The van der Waals surface area contributed by atoms with Gasteiger partial charge in [0.25, 0.3) is 0 Å². The molecule has 4 rings (SSSR count). The molecule has 0 amide bonds. The summed E-state index contributed by atoms with van der Waals surface area (Å²) in [5.41, 5.74) is 1.49. The van der Waals surface area contributed by atoms with Crippen LogP contribution in [0.15, 0.2) is 53.1 Å². The average molecular weight is 476 g/mol. The number of nitrogens with one attached hydrogen (secondary N) is 1. The largest absolute Gasteiger partial charge is 0.468 e. The molecular formula is C22H19Cl2N3O5. The van der Waals surface area contributed by atoms with Crippen LogP contribution in [0.25, 0.3) is 0 Å². The molecule has 1 N–H and O–H groups in total. The maximum atomic E-state index is 12.8. The third kappa shape index (κ3) is 3.97. The number of halogens is 2. The summed E-state index contributed by atoms with van der Waals surface area (Å²) in [5, 5.41) is 20.1. The lowest BCUT2D eigenvalue weighted by Crippen LogP contribution is -2.36. The third-order valence-electron chi connectivity index (χ3n) is 5.75. The molecule has 32 heavy (non-hydrogen) atoms. The molecule has 1 fully saturated rings. The van der Waals surface area contributed by atoms with Crippen molar-refractivity contribution in [2.24, 2.45) is 0 Å². The van der Waals surface area contributed by atoms with Gasteiger partial charge in [-0.05, 0) is 42.3 Å². The second kappa shape index (κ2) is 8.90.